The van der Waals surface area contributed by atoms with Crippen molar-refractivity contribution in [3.8, 4) is 11.5 Å². The third-order valence-corrected chi connectivity index (χ3v) is 6.15. The molecule has 2 aromatic carbocycles. The Bertz CT molecular complexity index is 1200. The van der Waals surface area contributed by atoms with Crippen molar-refractivity contribution in [1.29, 1.82) is 0 Å². The lowest BCUT2D eigenvalue weighted by molar-refractivity contribution is -0.115. The highest BCUT2D eigenvalue weighted by atomic mass is 32.2. The van der Waals surface area contributed by atoms with Gasteiger partial charge in [-0.05, 0) is 38.1 Å². The highest BCUT2D eigenvalue weighted by Gasteiger charge is 2.23. The molecule has 33 heavy (non-hydrogen) atoms. The standard InChI is InChI=1S/C22H22FN5O4S/c1-12(24-21(30)15-6-4-5-7-16(15)23)19-26-27-22(28(19)3)33-13(2)20(29)25-14-8-9-17-18(10-14)32-11-31-17/h4-10,12-13H,11H2,1-3H3,(H,24,30)(H,25,29)/t12-,13-/m0/s1. The van der Waals surface area contributed by atoms with Crippen LogP contribution < -0.4 is 20.1 Å². The molecule has 0 fully saturated rings. The number of hydrogen-bond acceptors (Lipinski definition) is 7. The Hall–Kier alpha value is -3.60. The molecule has 2 heterocycles. The van der Waals surface area contributed by atoms with E-state index in [0.29, 0.717) is 28.2 Å². The van der Waals surface area contributed by atoms with E-state index >= 15 is 0 Å². The van der Waals surface area contributed by atoms with Crippen LogP contribution in [0.25, 0.3) is 0 Å². The molecule has 0 radical (unpaired) electrons. The average Bonchev–Trinajstić information content (AvgIpc) is 3.40. The van der Waals surface area contributed by atoms with Gasteiger partial charge in [0.2, 0.25) is 12.7 Å². The van der Waals surface area contributed by atoms with Gasteiger partial charge in [0.1, 0.15) is 5.82 Å². The number of amides is 2. The number of nitrogens with zero attached hydrogens (tertiary/aromatic N) is 3. The molecule has 0 saturated heterocycles. The highest BCUT2D eigenvalue weighted by molar-refractivity contribution is 8.00. The number of aromatic nitrogens is 3. The van der Waals surface area contributed by atoms with Crippen LogP contribution in [-0.2, 0) is 11.8 Å². The molecule has 1 aromatic heterocycles. The zero-order valence-corrected chi connectivity index (χ0v) is 19.0. The first-order valence-corrected chi connectivity index (χ1v) is 11.0. The van der Waals surface area contributed by atoms with Crippen LogP contribution in [0.15, 0.2) is 47.6 Å². The molecule has 1 aliphatic rings. The zero-order valence-electron chi connectivity index (χ0n) is 18.2. The molecule has 0 spiro atoms. The second-order valence-electron chi connectivity index (χ2n) is 7.39. The van der Waals surface area contributed by atoms with Gasteiger partial charge in [0, 0.05) is 18.8 Å². The zero-order chi connectivity index (χ0) is 23.5. The summed E-state index contributed by atoms with van der Waals surface area (Å²) in [6, 6.07) is 10.4. The Morgan fingerprint density at radius 2 is 1.88 bits per heavy atom. The van der Waals surface area contributed by atoms with Gasteiger partial charge < -0.3 is 24.7 Å². The molecule has 0 unspecified atom stereocenters. The lowest BCUT2D eigenvalue weighted by Crippen LogP contribution is -2.29. The van der Waals surface area contributed by atoms with Crippen LogP contribution >= 0.6 is 11.8 Å². The van der Waals surface area contributed by atoms with Gasteiger partial charge >= 0.3 is 0 Å². The van der Waals surface area contributed by atoms with Crippen molar-refractivity contribution in [2.75, 3.05) is 12.1 Å². The van der Waals surface area contributed by atoms with Gasteiger partial charge in [-0.25, -0.2) is 4.39 Å². The van der Waals surface area contributed by atoms with Crippen LogP contribution in [0.2, 0.25) is 0 Å². The van der Waals surface area contributed by atoms with E-state index in [4.69, 9.17) is 9.47 Å². The smallest absolute Gasteiger partial charge is 0.254 e. The van der Waals surface area contributed by atoms with Crippen LogP contribution in [0.1, 0.15) is 36.1 Å². The van der Waals surface area contributed by atoms with Gasteiger partial charge in [0.05, 0.1) is 16.9 Å². The maximum Gasteiger partial charge on any atom is 0.254 e. The van der Waals surface area contributed by atoms with Crippen molar-refractivity contribution in [2.45, 2.75) is 30.3 Å². The topological polar surface area (TPSA) is 107 Å². The number of halogens is 1. The van der Waals surface area contributed by atoms with Gasteiger partial charge in [-0.2, -0.15) is 0 Å². The van der Waals surface area contributed by atoms with E-state index in [1.807, 2.05) is 0 Å². The van der Waals surface area contributed by atoms with Gasteiger partial charge in [0.25, 0.3) is 5.91 Å². The van der Waals surface area contributed by atoms with Gasteiger partial charge in [-0.15, -0.1) is 10.2 Å². The van der Waals surface area contributed by atoms with Gasteiger partial charge in [-0.3, -0.25) is 9.59 Å². The SMILES string of the molecule is C[C@H](Sc1nnc([C@H](C)NC(=O)c2ccccc2F)n1C)C(=O)Nc1ccc2c(c1)OCO2. The summed E-state index contributed by atoms with van der Waals surface area (Å²) in [6.45, 7) is 3.64. The van der Waals surface area contributed by atoms with Crippen molar-refractivity contribution < 1.29 is 23.5 Å². The number of nitrogens with one attached hydrogen (secondary N) is 2. The molecule has 0 bridgehead atoms. The molecule has 0 aliphatic carbocycles. The largest absolute Gasteiger partial charge is 0.454 e. The summed E-state index contributed by atoms with van der Waals surface area (Å²) in [5, 5.41) is 13.9. The Kier molecular flexibility index (Phi) is 6.50. The fourth-order valence-corrected chi connectivity index (χ4v) is 4.04. The number of thioether (sulfide) groups is 1. The minimum Gasteiger partial charge on any atom is -0.454 e. The third kappa shape index (κ3) is 4.92. The highest BCUT2D eigenvalue weighted by Crippen LogP contribution is 2.34. The first-order chi connectivity index (χ1) is 15.8. The van der Waals surface area contributed by atoms with E-state index in [2.05, 4.69) is 20.8 Å². The van der Waals surface area contributed by atoms with Crippen LogP contribution in [-0.4, -0.2) is 38.6 Å². The number of fused-ring (bicyclic) bond motifs is 1. The molecular weight excluding hydrogens is 449 g/mol. The fourth-order valence-electron chi connectivity index (χ4n) is 3.22. The summed E-state index contributed by atoms with van der Waals surface area (Å²) in [7, 11) is 1.74. The molecule has 172 valence electrons. The first kappa shape index (κ1) is 22.6. The molecule has 0 saturated carbocycles. The second-order valence-corrected chi connectivity index (χ2v) is 8.70. The lowest BCUT2D eigenvalue weighted by Gasteiger charge is -2.15. The van der Waals surface area contributed by atoms with Gasteiger partial charge in [0.15, 0.2) is 22.5 Å². The summed E-state index contributed by atoms with van der Waals surface area (Å²) in [5.41, 5.74) is 0.551. The summed E-state index contributed by atoms with van der Waals surface area (Å²) in [6.07, 6.45) is 0. The number of carbonyl (C=O) groups is 2. The van der Waals surface area contributed by atoms with E-state index in [0.717, 1.165) is 0 Å². The number of hydrogen-bond donors (Lipinski definition) is 2. The third-order valence-electron chi connectivity index (χ3n) is 5.01. The molecule has 1 aliphatic heterocycles. The van der Waals surface area contributed by atoms with Crippen molar-refractivity contribution in [2.24, 2.45) is 7.05 Å². The van der Waals surface area contributed by atoms with Gasteiger partial charge in [-0.1, -0.05) is 23.9 Å². The summed E-state index contributed by atoms with van der Waals surface area (Å²) in [4.78, 5) is 25.0. The normalized spacial score (nSPS) is 13.9. The molecule has 2 N–H and O–H groups in total. The van der Waals surface area contributed by atoms with Crippen molar-refractivity contribution in [1.82, 2.24) is 20.1 Å². The number of rotatable bonds is 7. The Balaban J connectivity index is 1.38. The van der Waals surface area contributed by atoms with E-state index in [-0.39, 0.29) is 18.3 Å². The molecule has 4 rings (SSSR count). The van der Waals surface area contributed by atoms with Crippen LogP contribution in [0, 0.1) is 5.82 Å². The van der Waals surface area contributed by atoms with Crippen molar-refractivity contribution in [3.05, 3.63) is 59.7 Å². The first-order valence-electron chi connectivity index (χ1n) is 10.2. The van der Waals surface area contributed by atoms with Crippen molar-refractivity contribution >= 4 is 29.3 Å². The van der Waals surface area contributed by atoms with Crippen LogP contribution in [0.5, 0.6) is 11.5 Å². The molecule has 3 aromatic rings. The van der Waals surface area contributed by atoms with E-state index < -0.39 is 23.0 Å². The Labute approximate surface area is 193 Å². The molecular formula is C22H22FN5O4S. The monoisotopic (exact) mass is 471 g/mol. The Morgan fingerprint density at radius 3 is 2.67 bits per heavy atom. The number of ether oxygens (including phenoxy) is 2. The number of benzene rings is 2. The number of anilines is 1. The molecule has 11 heteroatoms. The summed E-state index contributed by atoms with van der Waals surface area (Å²) >= 11 is 1.23. The maximum absolute atomic E-state index is 13.9. The lowest BCUT2D eigenvalue weighted by atomic mass is 10.2. The molecule has 2 amide bonds. The minimum atomic E-state index is -0.598. The van der Waals surface area contributed by atoms with E-state index in [1.165, 1.54) is 30.0 Å². The summed E-state index contributed by atoms with van der Waals surface area (Å²) in [5.74, 6) is 0.332. The average molecular weight is 472 g/mol. The molecule has 9 nitrogen and oxygen atoms in total. The second kappa shape index (κ2) is 9.49. The minimum absolute atomic E-state index is 0.0464. The molecule has 2 atom stereocenters. The van der Waals surface area contributed by atoms with E-state index in [1.54, 1.807) is 49.7 Å². The van der Waals surface area contributed by atoms with Crippen LogP contribution in [0.4, 0.5) is 10.1 Å². The van der Waals surface area contributed by atoms with Crippen LogP contribution in [0.3, 0.4) is 0 Å². The predicted octanol–water partition coefficient (Wildman–Crippen LogP) is 3.29. The van der Waals surface area contributed by atoms with Crippen molar-refractivity contribution in [3.63, 3.8) is 0 Å². The Morgan fingerprint density at radius 1 is 1.12 bits per heavy atom. The summed E-state index contributed by atoms with van der Waals surface area (Å²) < 4.78 is 26.2. The quantitative estimate of drug-likeness (QED) is 0.509. The van der Waals surface area contributed by atoms with E-state index in [9.17, 15) is 14.0 Å². The fraction of sp³-hybridized carbons (Fsp3) is 0.273. The predicted molar refractivity (Wildman–Crippen MR) is 120 cm³/mol. The number of carbonyl (C=O) groups excluding carboxylic acids is 2. The maximum atomic E-state index is 13.9.